The number of para-hydroxylation sites is 1. The van der Waals surface area contributed by atoms with Crippen molar-refractivity contribution in [1.82, 2.24) is 15.2 Å². The molecule has 1 aliphatic rings. The Balaban J connectivity index is 1.59. The quantitative estimate of drug-likeness (QED) is 0.458. The van der Waals surface area contributed by atoms with Crippen LogP contribution in [0.15, 0.2) is 54.1 Å². The average Bonchev–Trinajstić information content (AvgIpc) is 3.01. The molecule has 2 aromatic carbocycles. The van der Waals surface area contributed by atoms with E-state index in [1.54, 1.807) is 0 Å². The number of rotatable bonds is 5. The van der Waals surface area contributed by atoms with Gasteiger partial charge in [0.25, 0.3) is 11.8 Å². The number of amides is 4. The summed E-state index contributed by atoms with van der Waals surface area (Å²) in [4.78, 5) is 35.8. The molecule has 1 aliphatic heterocycles. The molecule has 0 unspecified atom stereocenters. The van der Waals surface area contributed by atoms with Gasteiger partial charge in [0, 0.05) is 22.2 Å². The zero-order valence-electron chi connectivity index (χ0n) is 19.2. The number of aromatic nitrogens is 1. The minimum absolute atomic E-state index is 0.0873. The van der Waals surface area contributed by atoms with E-state index in [2.05, 4.69) is 48.1 Å². The van der Waals surface area contributed by atoms with Gasteiger partial charge in [-0.2, -0.15) is 0 Å². The van der Waals surface area contributed by atoms with E-state index in [4.69, 9.17) is 4.74 Å². The van der Waals surface area contributed by atoms with Crippen LogP contribution >= 0.6 is 0 Å². The average molecular weight is 446 g/mol. The number of nitrogens with one attached hydrogen (secondary N) is 2. The van der Waals surface area contributed by atoms with E-state index in [1.807, 2.05) is 43.3 Å². The van der Waals surface area contributed by atoms with Crippen LogP contribution in [0.25, 0.3) is 17.0 Å². The molecule has 3 aromatic rings. The zero-order valence-corrected chi connectivity index (χ0v) is 19.2. The number of carbonyl (C=O) groups is 3. The van der Waals surface area contributed by atoms with Gasteiger partial charge >= 0.3 is 6.03 Å². The highest BCUT2D eigenvalue weighted by molar-refractivity contribution is 6.31. The van der Waals surface area contributed by atoms with E-state index in [0.29, 0.717) is 13.2 Å². The lowest BCUT2D eigenvalue weighted by atomic mass is 9.87. The molecular formula is C26H27N3O4. The first kappa shape index (κ1) is 22.3. The van der Waals surface area contributed by atoms with Crippen LogP contribution in [-0.4, -0.2) is 29.0 Å². The Morgan fingerprint density at radius 2 is 1.58 bits per heavy atom. The van der Waals surface area contributed by atoms with Crippen LogP contribution in [0.4, 0.5) is 4.79 Å². The number of hydrogen-bond acceptors (Lipinski definition) is 4. The predicted octanol–water partition coefficient (Wildman–Crippen LogP) is 4.08. The number of ether oxygens (including phenoxy) is 1. The van der Waals surface area contributed by atoms with Crippen LogP contribution in [-0.2, 0) is 21.5 Å². The van der Waals surface area contributed by atoms with Gasteiger partial charge in [-0.25, -0.2) is 4.79 Å². The number of fused-ring (bicyclic) bond motifs is 1. The maximum atomic E-state index is 12.2. The van der Waals surface area contributed by atoms with Crippen LogP contribution in [0.1, 0.15) is 37.6 Å². The second-order valence-corrected chi connectivity index (χ2v) is 9.09. The van der Waals surface area contributed by atoms with Crippen molar-refractivity contribution in [3.63, 3.8) is 0 Å². The first-order chi connectivity index (χ1) is 15.6. The number of benzene rings is 2. The summed E-state index contributed by atoms with van der Waals surface area (Å²) in [5.74, 6) is -0.608. The summed E-state index contributed by atoms with van der Waals surface area (Å²) in [6.45, 7) is 9.51. The van der Waals surface area contributed by atoms with Crippen molar-refractivity contribution in [3.8, 4) is 5.75 Å². The van der Waals surface area contributed by atoms with E-state index in [-0.39, 0.29) is 11.0 Å². The molecule has 2 N–H and O–H groups in total. The molecule has 170 valence electrons. The molecule has 0 saturated carbocycles. The SMILES string of the molecule is Cc1c(C=C2C(=O)NC(=O)NC2=O)c2ccccc2n1CCOc1ccc(C(C)(C)C)cc1. The van der Waals surface area contributed by atoms with E-state index in [9.17, 15) is 14.4 Å². The van der Waals surface area contributed by atoms with Gasteiger partial charge < -0.3 is 9.30 Å². The van der Waals surface area contributed by atoms with Crippen molar-refractivity contribution in [2.24, 2.45) is 0 Å². The van der Waals surface area contributed by atoms with Crippen molar-refractivity contribution in [2.75, 3.05) is 6.61 Å². The molecule has 33 heavy (non-hydrogen) atoms. The molecule has 0 spiro atoms. The smallest absolute Gasteiger partial charge is 0.328 e. The fourth-order valence-corrected chi connectivity index (χ4v) is 3.98. The van der Waals surface area contributed by atoms with Crippen molar-refractivity contribution < 1.29 is 19.1 Å². The van der Waals surface area contributed by atoms with E-state index in [0.717, 1.165) is 27.9 Å². The van der Waals surface area contributed by atoms with Crippen LogP contribution in [0.5, 0.6) is 5.75 Å². The fourth-order valence-electron chi connectivity index (χ4n) is 3.98. The standard InChI is InChI=1S/C26H27N3O4/c1-16-20(15-21-23(30)27-25(32)28-24(21)31)19-7-5-6-8-22(19)29(16)13-14-33-18-11-9-17(10-12-18)26(2,3)4/h5-12,15H,13-14H2,1-4H3,(H2,27,28,30,31,32). The number of imide groups is 2. The van der Waals surface area contributed by atoms with Gasteiger partial charge in [-0.3, -0.25) is 20.2 Å². The summed E-state index contributed by atoms with van der Waals surface area (Å²) >= 11 is 0. The first-order valence-corrected chi connectivity index (χ1v) is 10.8. The molecule has 0 bridgehead atoms. The van der Waals surface area contributed by atoms with Crippen molar-refractivity contribution >= 4 is 34.8 Å². The highest BCUT2D eigenvalue weighted by atomic mass is 16.5. The molecule has 0 aliphatic carbocycles. The number of barbiturate groups is 1. The van der Waals surface area contributed by atoms with Crippen LogP contribution < -0.4 is 15.4 Å². The Hall–Kier alpha value is -3.87. The summed E-state index contributed by atoms with van der Waals surface area (Å²) in [5, 5.41) is 5.14. The Labute approximate surface area is 192 Å². The molecule has 7 heteroatoms. The minimum Gasteiger partial charge on any atom is -0.492 e. The van der Waals surface area contributed by atoms with Crippen LogP contribution in [0, 0.1) is 6.92 Å². The maximum absolute atomic E-state index is 12.2. The van der Waals surface area contributed by atoms with Crippen LogP contribution in [0.3, 0.4) is 0 Å². The summed E-state index contributed by atoms with van der Waals surface area (Å²) in [5.41, 5.74) is 3.86. The fraction of sp³-hybridized carbons (Fsp3) is 0.269. The lowest BCUT2D eigenvalue weighted by Gasteiger charge is -2.19. The van der Waals surface area contributed by atoms with E-state index < -0.39 is 17.8 Å². The Kier molecular flexibility index (Phi) is 5.80. The van der Waals surface area contributed by atoms with Gasteiger partial charge in [0.15, 0.2) is 0 Å². The largest absolute Gasteiger partial charge is 0.492 e. The lowest BCUT2D eigenvalue weighted by Crippen LogP contribution is -2.51. The highest BCUT2D eigenvalue weighted by Crippen LogP contribution is 2.29. The van der Waals surface area contributed by atoms with Crippen molar-refractivity contribution in [3.05, 3.63) is 70.9 Å². The second kappa shape index (κ2) is 8.58. The normalized spacial score (nSPS) is 14.3. The Bertz CT molecular complexity index is 1260. The van der Waals surface area contributed by atoms with Gasteiger partial charge in [-0.05, 0) is 42.2 Å². The molecule has 4 rings (SSSR count). The third-order valence-electron chi connectivity index (χ3n) is 5.82. The molecule has 1 saturated heterocycles. The molecule has 7 nitrogen and oxygen atoms in total. The van der Waals surface area contributed by atoms with Gasteiger partial charge in [-0.15, -0.1) is 0 Å². The summed E-state index contributed by atoms with van der Waals surface area (Å²) in [6.07, 6.45) is 1.54. The monoisotopic (exact) mass is 445 g/mol. The van der Waals surface area contributed by atoms with Gasteiger partial charge in [0.2, 0.25) is 0 Å². The molecule has 1 fully saturated rings. The number of nitrogens with zero attached hydrogens (tertiary/aromatic N) is 1. The van der Waals surface area contributed by atoms with Crippen LogP contribution in [0.2, 0.25) is 0 Å². The van der Waals surface area contributed by atoms with Crippen molar-refractivity contribution in [1.29, 1.82) is 0 Å². The van der Waals surface area contributed by atoms with Gasteiger partial charge in [0.1, 0.15) is 17.9 Å². The molecule has 2 heterocycles. The number of urea groups is 1. The minimum atomic E-state index is -0.811. The third kappa shape index (κ3) is 4.53. The number of hydrogen-bond donors (Lipinski definition) is 2. The maximum Gasteiger partial charge on any atom is 0.328 e. The van der Waals surface area contributed by atoms with Gasteiger partial charge in [0.05, 0.1) is 6.54 Å². The molecule has 0 radical (unpaired) electrons. The Morgan fingerprint density at radius 3 is 2.21 bits per heavy atom. The Morgan fingerprint density at radius 1 is 0.939 bits per heavy atom. The predicted molar refractivity (Wildman–Crippen MR) is 127 cm³/mol. The van der Waals surface area contributed by atoms with Gasteiger partial charge in [-0.1, -0.05) is 51.1 Å². The third-order valence-corrected chi connectivity index (χ3v) is 5.82. The topological polar surface area (TPSA) is 89.4 Å². The summed E-state index contributed by atoms with van der Waals surface area (Å²) < 4.78 is 8.09. The summed E-state index contributed by atoms with van der Waals surface area (Å²) in [7, 11) is 0. The molecule has 1 aromatic heterocycles. The second-order valence-electron chi connectivity index (χ2n) is 9.09. The van der Waals surface area contributed by atoms with E-state index >= 15 is 0 Å². The number of carbonyl (C=O) groups excluding carboxylic acids is 3. The summed E-state index contributed by atoms with van der Waals surface area (Å²) in [6, 6.07) is 15.1. The highest BCUT2D eigenvalue weighted by Gasteiger charge is 2.28. The first-order valence-electron chi connectivity index (χ1n) is 10.8. The molecular weight excluding hydrogens is 418 g/mol. The lowest BCUT2D eigenvalue weighted by molar-refractivity contribution is -0.123. The molecule has 0 atom stereocenters. The van der Waals surface area contributed by atoms with Crippen molar-refractivity contribution in [2.45, 2.75) is 39.7 Å². The van der Waals surface area contributed by atoms with E-state index in [1.165, 1.54) is 11.6 Å². The molecule has 4 amide bonds. The zero-order chi connectivity index (χ0) is 23.8.